The van der Waals surface area contributed by atoms with Crippen molar-refractivity contribution in [1.82, 2.24) is 9.55 Å². The van der Waals surface area contributed by atoms with Crippen LogP contribution in [0.25, 0.3) is 0 Å². The number of benzene rings is 1. The van der Waals surface area contributed by atoms with Crippen LogP contribution in [0.3, 0.4) is 0 Å². The molecule has 8 heteroatoms. The zero-order valence-corrected chi connectivity index (χ0v) is 14.5. The third-order valence-corrected chi connectivity index (χ3v) is 4.56. The van der Waals surface area contributed by atoms with Crippen LogP contribution in [0.4, 0.5) is 15.9 Å². The van der Waals surface area contributed by atoms with Gasteiger partial charge in [-0.2, -0.15) is 0 Å². The highest BCUT2D eigenvalue weighted by Gasteiger charge is 2.26. The molecule has 0 spiro atoms. The van der Waals surface area contributed by atoms with Crippen molar-refractivity contribution >= 4 is 17.3 Å². The van der Waals surface area contributed by atoms with E-state index in [4.69, 9.17) is 5.73 Å². The molecule has 0 saturated carbocycles. The lowest BCUT2D eigenvalue weighted by Crippen LogP contribution is -2.40. The van der Waals surface area contributed by atoms with E-state index < -0.39 is 22.8 Å². The molecule has 0 saturated heterocycles. The molecule has 1 aliphatic rings. The number of nitrogen functional groups attached to an aromatic ring is 1. The van der Waals surface area contributed by atoms with Crippen molar-refractivity contribution in [3.63, 3.8) is 0 Å². The highest BCUT2D eigenvalue weighted by atomic mass is 19.1. The number of fused-ring (bicyclic) bond motifs is 1. The number of aryl methyl sites for hydroxylation is 1. The number of rotatable bonds is 5. The Morgan fingerprint density at radius 2 is 2.12 bits per heavy atom. The van der Waals surface area contributed by atoms with Crippen LogP contribution in [0.15, 0.2) is 27.8 Å². The van der Waals surface area contributed by atoms with E-state index in [2.05, 4.69) is 4.98 Å². The van der Waals surface area contributed by atoms with Gasteiger partial charge in [0.2, 0.25) is 0 Å². The number of carbonyl (C=O) groups is 1. The summed E-state index contributed by atoms with van der Waals surface area (Å²) >= 11 is 0. The average molecular weight is 360 g/mol. The number of para-hydroxylation sites is 1. The predicted molar refractivity (Wildman–Crippen MR) is 97.3 cm³/mol. The minimum absolute atomic E-state index is 0.142. The van der Waals surface area contributed by atoms with E-state index in [0.29, 0.717) is 25.2 Å². The molecule has 3 N–H and O–H groups in total. The second kappa shape index (κ2) is 7.15. The number of aromatic nitrogens is 2. The maximum Gasteiger partial charge on any atom is 0.329 e. The first kappa shape index (κ1) is 17.9. The third kappa shape index (κ3) is 3.14. The number of Topliss-reactive ketones (excluding diaryl/α,β-unsaturated/α-hetero) is 1. The van der Waals surface area contributed by atoms with Crippen molar-refractivity contribution in [2.24, 2.45) is 0 Å². The number of carbonyl (C=O) groups excluding carboxylic acids is 1. The quantitative estimate of drug-likeness (QED) is 0.783. The number of halogens is 1. The summed E-state index contributed by atoms with van der Waals surface area (Å²) in [5.74, 6) is -1.08. The lowest BCUT2D eigenvalue weighted by atomic mass is 10.0. The summed E-state index contributed by atoms with van der Waals surface area (Å²) in [7, 11) is 0. The van der Waals surface area contributed by atoms with Crippen LogP contribution in [0.2, 0.25) is 0 Å². The van der Waals surface area contributed by atoms with Crippen molar-refractivity contribution in [3.8, 4) is 0 Å². The predicted octanol–water partition coefficient (Wildman–Crippen LogP) is 1.30. The molecule has 138 valence electrons. The van der Waals surface area contributed by atoms with Crippen LogP contribution >= 0.6 is 0 Å². The lowest BCUT2D eigenvalue weighted by molar-refractivity contribution is 0.0997. The van der Waals surface area contributed by atoms with Gasteiger partial charge in [0.15, 0.2) is 5.78 Å². The summed E-state index contributed by atoms with van der Waals surface area (Å²) < 4.78 is 15.4. The second-order valence-corrected chi connectivity index (χ2v) is 6.37. The number of nitrogens with two attached hydrogens (primary N) is 1. The zero-order valence-electron chi connectivity index (χ0n) is 14.5. The number of ketones is 1. The van der Waals surface area contributed by atoms with E-state index >= 15 is 0 Å². The van der Waals surface area contributed by atoms with E-state index in [1.807, 2.05) is 13.0 Å². The molecule has 0 radical (unpaired) electrons. The minimum atomic E-state index is -0.810. The molecule has 7 nitrogen and oxygen atoms in total. The maximum atomic E-state index is 14.3. The van der Waals surface area contributed by atoms with Crippen LogP contribution in [0, 0.1) is 5.82 Å². The molecule has 2 aromatic rings. The number of hydrogen-bond acceptors (Lipinski definition) is 5. The molecular weight excluding hydrogens is 339 g/mol. The van der Waals surface area contributed by atoms with E-state index in [1.165, 1.54) is 10.6 Å². The first-order chi connectivity index (χ1) is 12.4. The van der Waals surface area contributed by atoms with Crippen LogP contribution in [0.5, 0.6) is 0 Å². The second-order valence-electron chi connectivity index (χ2n) is 6.37. The summed E-state index contributed by atoms with van der Waals surface area (Å²) in [6.45, 7) is 2.48. The minimum Gasteiger partial charge on any atom is -0.384 e. The Labute approximate surface area is 149 Å². The van der Waals surface area contributed by atoms with Gasteiger partial charge in [0.05, 0.1) is 12.2 Å². The Kier molecular flexibility index (Phi) is 4.92. The standard InChI is InChI=1S/C18H21FN4O3/c1-2-8-23-16(20)14(17(25)21-18(23)26)13(24)10-22-9-4-6-11-5-3-7-12(19)15(11)22/h3,5,7H,2,4,6,8-10,20H2,1H3,(H,21,25,26). The van der Waals surface area contributed by atoms with Crippen LogP contribution in [0.1, 0.15) is 35.7 Å². The summed E-state index contributed by atoms with van der Waals surface area (Å²) in [4.78, 5) is 40.6. The number of hydrogen-bond donors (Lipinski definition) is 2. The molecule has 0 atom stereocenters. The van der Waals surface area contributed by atoms with Crippen LogP contribution in [-0.4, -0.2) is 28.4 Å². The van der Waals surface area contributed by atoms with Gasteiger partial charge in [-0.1, -0.05) is 19.1 Å². The molecule has 1 aromatic heterocycles. The van der Waals surface area contributed by atoms with Crippen molar-refractivity contribution in [1.29, 1.82) is 0 Å². The Morgan fingerprint density at radius 1 is 1.35 bits per heavy atom. The molecule has 0 fully saturated rings. The summed E-state index contributed by atoms with van der Waals surface area (Å²) in [5, 5.41) is 0. The summed E-state index contributed by atoms with van der Waals surface area (Å²) in [5.41, 5.74) is 5.46. The molecule has 26 heavy (non-hydrogen) atoms. The number of H-pyrrole nitrogens is 1. The van der Waals surface area contributed by atoms with Crippen LogP contribution < -0.4 is 21.9 Å². The lowest BCUT2D eigenvalue weighted by Gasteiger charge is -2.31. The van der Waals surface area contributed by atoms with Gasteiger partial charge >= 0.3 is 5.69 Å². The molecular formula is C18H21FN4O3. The fourth-order valence-corrected chi connectivity index (χ4v) is 3.40. The Morgan fingerprint density at radius 3 is 2.85 bits per heavy atom. The van der Waals surface area contributed by atoms with Crippen molar-refractivity contribution in [2.45, 2.75) is 32.7 Å². The van der Waals surface area contributed by atoms with Gasteiger partial charge < -0.3 is 10.6 Å². The highest BCUT2D eigenvalue weighted by molar-refractivity contribution is 6.02. The van der Waals surface area contributed by atoms with Gasteiger partial charge in [-0.15, -0.1) is 0 Å². The fourth-order valence-electron chi connectivity index (χ4n) is 3.40. The smallest absolute Gasteiger partial charge is 0.329 e. The molecule has 0 amide bonds. The molecule has 2 heterocycles. The van der Waals surface area contributed by atoms with E-state index in [0.717, 1.165) is 18.4 Å². The molecule has 0 bridgehead atoms. The molecule has 0 aliphatic carbocycles. The topological polar surface area (TPSA) is 101 Å². The van der Waals surface area contributed by atoms with Gasteiger partial charge in [-0.3, -0.25) is 19.1 Å². The van der Waals surface area contributed by atoms with Gasteiger partial charge in [0, 0.05) is 13.1 Å². The van der Waals surface area contributed by atoms with Crippen LogP contribution in [-0.2, 0) is 13.0 Å². The van der Waals surface area contributed by atoms with E-state index in [9.17, 15) is 18.8 Å². The number of nitrogens with one attached hydrogen (secondary N) is 1. The number of aromatic amines is 1. The normalized spacial score (nSPS) is 13.5. The molecule has 1 aliphatic heterocycles. The number of anilines is 2. The molecule has 3 rings (SSSR count). The van der Waals surface area contributed by atoms with Crippen molar-refractivity contribution < 1.29 is 9.18 Å². The van der Waals surface area contributed by atoms with E-state index in [-0.39, 0.29) is 17.9 Å². The Balaban J connectivity index is 1.97. The molecule has 1 aromatic carbocycles. The van der Waals surface area contributed by atoms with Gasteiger partial charge in [-0.25, -0.2) is 9.18 Å². The van der Waals surface area contributed by atoms with Gasteiger partial charge in [-0.05, 0) is 30.9 Å². The van der Waals surface area contributed by atoms with Crippen molar-refractivity contribution in [2.75, 3.05) is 23.7 Å². The average Bonchev–Trinajstić information content (AvgIpc) is 2.58. The highest BCUT2D eigenvalue weighted by Crippen LogP contribution is 2.29. The zero-order chi connectivity index (χ0) is 18.8. The summed E-state index contributed by atoms with van der Waals surface area (Å²) in [6, 6.07) is 4.82. The largest absolute Gasteiger partial charge is 0.384 e. The monoisotopic (exact) mass is 360 g/mol. The SMILES string of the molecule is CCCn1c(N)c(C(=O)CN2CCCc3cccc(F)c32)c(=O)[nH]c1=O. The number of nitrogens with zero attached hydrogens (tertiary/aromatic N) is 2. The van der Waals surface area contributed by atoms with Gasteiger partial charge in [0.1, 0.15) is 17.2 Å². The maximum absolute atomic E-state index is 14.3. The van der Waals surface area contributed by atoms with E-state index in [1.54, 1.807) is 11.0 Å². The third-order valence-electron chi connectivity index (χ3n) is 4.56. The Hall–Kier alpha value is -2.90. The first-order valence-electron chi connectivity index (χ1n) is 8.62. The molecule has 0 unspecified atom stereocenters. The summed E-state index contributed by atoms with van der Waals surface area (Å²) in [6.07, 6.45) is 2.14. The first-order valence-corrected chi connectivity index (χ1v) is 8.62. The fraction of sp³-hybridized carbons (Fsp3) is 0.389. The van der Waals surface area contributed by atoms with Gasteiger partial charge in [0.25, 0.3) is 5.56 Å². The Bertz CT molecular complexity index is 964. The van der Waals surface area contributed by atoms with Crippen molar-refractivity contribution in [3.05, 3.63) is 56.0 Å².